The highest BCUT2D eigenvalue weighted by atomic mass is 32.2. The number of amides is 2. The predicted octanol–water partition coefficient (Wildman–Crippen LogP) is 4.43. The largest absolute Gasteiger partial charge is 0.343 e. The molecule has 1 aliphatic rings. The van der Waals surface area contributed by atoms with Crippen LogP contribution in [0.3, 0.4) is 0 Å². The van der Waals surface area contributed by atoms with Crippen LogP contribution in [0, 0.1) is 0 Å². The number of anilines is 1. The molecule has 0 aliphatic heterocycles. The first-order valence-electron chi connectivity index (χ1n) is 9.03. The summed E-state index contributed by atoms with van der Waals surface area (Å²) >= 11 is 3.16. The lowest BCUT2D eigenvalue weighted by Gasteiger charge is -2.07. The lowest BCUT2D eigenvalue weighted by molar-refractivity contribution is -0.115. The van der Waals surface area contributed by atoms with Crippen LogP contribution in [0.15, 0.2) is 64.9 Å². The van der Waals surface area contributed by atoms with Crippen molar-refractivity contribution in [2.24, 2.45) is 0 Å². The van der Waals surface area contributed by atoms with Gasteiger partial charge in [0.25, 0.3) is 5.91 Å². The minimum atomic E-state index is -0.300. The van der Waals surface area contributed by atoms with Crippen LogP contribution >= 0.6 is 23.1 Å². The van der Waals surface area contributed by atoms with Crippen molar-refractivity contribution in [2.45, 2.75) is 23.0 Å². The topological polar surface area (TPSA) is 71.1 Å². The number of thiazole rings is 1. The van der Waals surface area contributed by atoms with Gasteiger partial charge in [0.1, 0.15) is 0 Å². The summed E-state index contributed by atoms with van der Waals surface area (Å²) in [5.41, 5.74) is 2.38. The maximum Gasteiger partial charge on any atom is 0.251 e. The van der Waals surface area contributed by atoms with Gasteiger partial charge in [0.2, 0.25) is 5.91 Å². The standard InChI is InChI=1S/C21H19N3O2S2/c25-19(24-21-23-18(13-27-21)14-5-2-1-3-6-14)12-22-20(26)15-7-4-8-17(11-15)28-16-9-10-16/h1-8,11,13,16H,9-10,12H2,(H,22,26)(H,23,24,25). The molecule has 0 unspecified atom stereocenters. The first kappa shape index (κ1) is 18.7. The van der Waals surface area contributed by atoms with Crippen molar-refractivity contribution in [3.63, 3.8) is 0 Å². The molecular formula is C21H19N3O2S2. The van der Waals surface area contributed by atoms with Crippen LogP contribution in [0.2, 0.25) is 0 Å². The molecule has 0 atom stereocenters. The molecule has 28 heavy (non-hydrogen) atoms. The minimum Gasteiger partial charge on any atom is -0.343 e. The Labute approximate surface area is 171 Å². The molecular weight excluding hydrogens is 390 g/mol. The maximum atomic E-state index is 12.3. The van der Waals surface area contributed by atoms with Gasteiger partial charge in [-0.2, -0.15) is 0 Å². The second-order valence-electron chi connectivity index (χ2n) is 6.48. The van der Waals surface area contributed by atoms with Gasteiger partial charge in [-0.05, 0) is 31.0 Å². The highest BCUT2D eigenvalue weighted by molar-refractivity contribution is 8.00. The number of carbonyl (C=O) groups excluding carboxylic acids is 2. The Bertz CT molecular complexity index is 984. The fraction of sp³-hybridized carbons (Fsp3) is 0.190. The van der Waals surface area contributed by atoms with Gasteiger partial charge in [0.15, 0.2) is 5.13 Å². The quantitative estimate of drug-likeness (QED) is 0.605. The van der Waals surface area contributed by atoms with E-state index in [4.69, 9.17) is 0 Å². The van der Waals surface area contributed by atoms with Gasteiger partial charge in [-0.15, -0.1) is 23.1 Å². The average molecular weight is 410 g/mol. The van der Waals surface area contributed by atoms with Gasteiger partial charge in [-0.3, -0.25) is 9.59 Å². The van der Waals surface area contributed by atoms with Crippen molar-refractivity contribution >= 4 is 40.0 Å². The zero-order valence-corrected chi connectivity index (χ0v) is 16.7. The maximum absolute atomic E-state index is 12.3. The molecule has 1 heterocycles. The third kappa shape index (κ3) is 4.99. The smallest absolute Gasteiger partial charge is 0.251 e. The molecule has 0 spiro atoms. The Balaban J connectivity index is 1.29. The van der Waals surface area contributed by atoms with E-state index < -0.39 is 0 Å². The molecule has 1 aliphatic carbocycles. The minimum absolute atomic E-state index is 0.0981. The van der Waals surface area contributed by atoms with E-state index in [1.165, 1.54) is 24.2 Å². The molecule has 0 radical (unpaired) electrons. The molecule has 1 fully saturated rings. The molecule has 0 bridgehead atoms. The molecule has 4 rings (SSSR count). The van der Waals surface area contributed by atoms with Crippen molar-refractivity contribution in [2.75, 3.05) is 11.9 Å². The number of hydrogen-bond acceptors (Lipinski definition) is 5. The van der Waals surface area contributed by atoms with E-state index in [-0.39, 0.29) is 18.4 Å². The number of carbonyl (C=O) groups is 2. The van der Waals surface area contributed by atoms with Crippen LogP contribution in [0.4, 0.5) is 5.13 Å². The zero-order valence-electron chi connectivity index (χ0n) is 15.1. The summed E-state index contributed by atoms with van der Waals surface area (Å²) in [6.07, 6.45) is 2.48. The molecule has 142 valence electrons. The van der Waals surface area contributed by atoms with Crippen molar-refractivity contribution in [3.05, 3.63) is 65.5 Å². The monoisotopic (exact) mass is 409 g/mol. The Kier molecular flexibility index (Phi) is 5.73. The molecule has 7 heteroatoms. The number of thioether (sulfide) groups is 1. The van der Waals surface area contributed by atoms with Gasteiger partial charge in [-0.1, -0.05) is 36.4 Å². The van der Waals surface area contributed by atoms with Crippen LogP contribution in [0.1, 0.15) is 23.2 Å². The summed E-state index contributed by atoms with van der Waals surface area (Å²) in [6, 6.07) is 17.3. The Morgan fingerprint density at radius 3 is 2.71 bits per heavy atom. The summed E-state index contributed by atoms with van der Waals surface area (Å²) < 4.78 is 0. The van der Waals surface area contributed by atoms with Crippen molar-refractivity contribution in [1.29, 1.82) is 0 Å². The van der Waals surface area contributed by atoms with Crippen LogP contribution in [0.5, 0.6) is 0 Å². The molecule has 2 aromatic carbocycles. The fourth-order valence-electron chi connectivity index (χ4n) is 2.59. The average Bonchev–Trinajstić information content (AvgIpc) is 3.41. The summed E-state index contributed by atoms with van der Waals surface area (Å²) in [6.45, 7) is -0.0981. The number of nitrogens with zero attached hydrogens (tertiary/aromatic N) is 1. The second kappa shape index (κ2) is 8.58. The SMILES string of the molecule is O=C(CNC(=O)c1cccc(SC2CC2)c1)Nc1nc(-c2ccccc2)cs1. The van der Waals surface area contributed by atoms with Crippen LogP contribution in [0.25, 0.3) is 11.3 Å². The summed E-state index contributed by atoms with van der Waals surface area (Å²) in [7, 11) is 0. The zero-order chi connectivity index (χ0) is 19.3. The molecule has 3 aromatic rings. The van der Waals surface area contributed by atoms with Crippen LogP contribution < -0.4 is 10.6 Å². The Hall–Kier alpha value is -2.64. The van der Waals surface area contributed by atoms with Crippen LogP contribution in [-0.2, 0) is 4.79 Å². The number of benzene rings is 2. The Morgan fingerprint density at radius 1 is 1.11 bits per heavy atom. The van der Waals surface area contributed by atoms with Gasteiger partial charge in [-0.25, -0.2) is 4.98 Å². The number of hydrogen-bond donors (Lipinski definition) is 2. The highest BCUT2D eigenvalue weighted by Gasteiger charge is 2.22. The van der Waals surface area contributed by atoms with E-state index in [0.29, 0.717) is 15.9 Å². The van der Waals surface area contributed by atoms with Crippen molar-refractivity contribution < 1.29 is 9.59 Å². The van der Waals surface area contributed by atoms with E-state index >= 15 is 0 Å². The Morgan fingerprint density at radius 2 is 1.93 bits per heavy atom. The van der Waals surface area contributed by atoms with E-state index in [1.807, 2.05) is 53.9 Å². The first-order valence-corrected chi connectivity index (χ1v) is 10.8. The molecule has 1 aromatic heterocycles. The van der Waals surface area contributed by atoms with Gasteiger partial charge in [0, 0.05) is 26.7 Å². The normalized spacial score (nSPS) is 13.1. The van der Waals surface area contributed by atoms with Crippen LogP contribution in [-0.4, -0.2) is 28.6 Å². The summed E-state index contributed by atoms with van der Waals surface area (Å²) in [5, 5.41) is 8.50. The predicted molar refractivity (Wildman–Crippen MR) is 114 cm³/mol. The lowest BCUT2D eigenvalue weighted by atomic mass is 10.2. The summed E-state index contributed by atoms with van der Waals surface area (Å²) in [4.78, 5) is 30.0. The van der Waals surface area contributed by atoms with Crippen molar-refractivity contribution in [3.8, 4) is 11.3 Å². The van der Waals surface area contributed by atoms with E-state index in [1.54, 1.807) is 17.8 Å². The van der Waals surface area contributed by atoms with Gasteiger partial charge in [0.05, 0.1) is 12.2 Å². The first-order chi connectivity index (χ1) is 13.7. The lowest BCUT2D eigenvalue weighted by Crippen LogP contribution is -2.32. The van der Waals surface area contributed by atoms with E-state index in [0.717, 1.165) is 16.2 Å². The van der Waals surface area contributed by atoms with E-state index in [2.05, 4.69) is 15.6 Å². The number of nitrogens with one attached hydrogen (secondary N) is 2. The molecule has 2 N–H and O–H groups in total. The van der Waals surface area contributed by atoms with Gasteiger partial charge < -0.3 is 10.6 Å². The molecule has 1 saturated carbocycles. The highest BCUT2D eigenvalue weighted by Crippen LogP contribution is 2.39. The molecule has 2 amide bonds. The number of rotatable bonds is 7. The molecule has 5 nitrogen and oxygen atoms in total. The molecule has 0 saturated heterocycles. The fourth-order valence-corrected chi connectivity index (χ4v) is 4.43. The third-order valence-corrected chi connectivity index (χ3v) is 6.24. The number of aromatic nitrogens is 1. The van der Waals surface area contributed by atoms with E-state index in [9.17, 15) is 9.59 Å². The second-order valence-corrected chi connectivity index (χ2v) is 8.71. The van der Waals surface area contributed by atoms with Crippen molar-refractivity contribution in [1.82, 2.24) is 10.3 Å². The third-order valence-electron chi connectivity index (χ3n) is 4.15. The summed E-state index contributed by atoms with van der Waals surface area (Å²) in [5.74, 6) is -0.552. The van der Waals surface area contributed by atoms with Gasteiger partial charge >= 0.3 is 0 Å².